The van der Waals surface area contributed by atoms with Crippen molar-refractivity contribution in [3.8, 4) is 5.75 Å². The molecule has 2 rings (SSSR count). The summed E-state index contributed by atoms with van der Waals surface area (Å²) in [5, 5.41) is 9.00. The molecule has 1 heterocycles. The van der Waals surface area contributed by atoms with Gasteiger partial charge < -0.3 is 10.0 Å². The molecule has 0 unspecified atom stereocenters. The van der Waals surface area contributed by atoms with Gasteiger partial charge in [0.15, 0.2) is 11.6 Å². The van der Waals surface area contributed by atoms with E-state index in [1.54, 1.807) is 7.05 Å². The summed E-state index contributed by atoms with van der Waals surface area (Å²) < 4.78 is 13.0. The van der Waals surface area contributed by atoms with Crippen molar-refractivity contribution in [2.75, 3.05) is 7.05 Å². The van der Waals surface area contributed by atoms with Gasteiger partial charge in [0, 0.05) is 13.6 Å². The molecule has 1 aromatic carbocycles. The summed E-state index contributed by atoms with van der Waals surface area (Å²) in [5.74, 6) is -1.74. The standard InChI is InChI=1S/C9H7ClFNO2/c1-12-3-4-2-5(11)8(13)7(10)6(4)9(12)14/h2,13H,3H2,1H3. The molecule has 0 spiro atoms. The Balaban J connectivity index is 2.71. The zero-order valence-corrected chi connectivity index (χ0v) is 8.10. The minimum absolute atomic E-state index is 0.200. The van der Waals surface area contributed by atoms with Gasteiger partial charge in [-0.25, -0.2) is 4.39 Å². The van der Waals surface area contributed by atoms with Gasteiger partial charge in [-0.2, -0.15) is 0 Å². The second-order valence-electron chi connectivity index (χ2n) is 3.22. The number of phenols is 1. The predicted molar refractivity (Wildman–Crippen MR) is 48.9 cm³/mol. The largest absolute Gasteiger partial charge is 0.504 e. The van der Waals surface area contributed by atoms with Crippen molar-refractivity contribution in [1.82, 2.24) is 4.90 Å². The summed E-state index contributed by atoms with van der Waals surface area (Å²) in [6.07, 6.45) is 0. The number of phenolic OH excluding ortho intramolecular Hbond substituents is 1. The van der Waals surface area contributed by atoms with Gasteiger partial charge in [0.25, 0.3) is 5.91 Å². The molecular weight excluding hydrogens is 209 g/mol. The molecule has 0 saturated heterocycles. The Morgan fingerprint density at radius 1 is 1.64 bits per heavy atom. The number of fused-ring (bicyclic) bond motifs is 1. The highest BCUT2D eigenvalue weighted by molar-refractivity contribution is 6.35. The van der Waals surface area contributed by atoms with E-state index in [9.17, 15) is 14.3 Å². The van der Waals surface area contributed by atoms with E-state index in [2.05, 4.69) is 0 Å². The van der Waals surface area contributed by atoms with Crippen LogP contribution in [-0.4, -0.2) is 23.0 Å². The van der Waals surface area contributed by atoms with Crippen LogP contribution in [0.5, 0.6) is 5.75 Å². The third-order valence-corrected chi connectivity index (χ3v) is 2.61. The van der Waals surface area contributed by atoms with Crippen LogP contribution in [-0.2, 0) is 6.54 Å². The molecule has 0 radical (unpaired) electrons. The summed E-state index contributed by atoms with van der Waals surface area (Å²) in [6, 6.07) is 1.14. The number of carbonyl (C=O) groups is 1. The minimum atomic E-state index is -0.795. The number of rotatable bonds is 0. The van der Waals surface area contributed by atoms with Crippen LogP contribution in [0, 0.1) is 5.82 Å². The van der Waals surface area contributed by atoms with Crippen LogP contribution in [0.2, 0.25) is 5.02 Å². The van der Waals surface area contributed by atoms with Gasteiger partial charge in [-0.05, 0) is 11.6 Å². The molecule has 1 amide bonds. The van der Waals surface area contributed by atoms with Crippen molar-refractivity contribution in [2.45, 2.75) is 6.54 Å². The van der Waals surface area contributed by atoms with Crippen molar-refractivity contribution in [2.24, 2.45) is 0 Å². The molecule has 14 heavy (non-hydrogen) atoms. The van der Waals surface area contributed by atoms with Crippen molar-refractivity contribution in [3.05, 3.63) is 28.0 Å². The average Bonchev–Trinajstić information content (AvgIpc) is 2.39. The first-order valence-electron chi connectivity index (χ1n) is 3.97. The maximum atomic E-state index is 13.0. The summed E-state index contributed by atoms with van der Waals surface area (Å²) >= 11 is 5.67. The Labute approximate surface area is 84.7 Å². The fourth-order valence-electron chi connectivity index (χ4n) is 1.53. The number of hydrogen-bond donors (Lipinski definition) is 1. The first kappa shape index (κ1) is 9.27. The minimum Gasteiger partial charge on any atom is -0.504 e. The highest BCUT2D eigenvalue weighted by atomic mass is 35.5. The fraction of sp³-hybridized carbons (Fsp3) is 0.222. The van der Waals surface area contributed by atoms with Crippen LogP contribution in [0.15, 0.2) is 6.07 Å². The van der Waals surface area contributed by atoms with Gasteiger partial charge in [0.1, 0.15) is 0 Å². The van der Waals surface area contributed by atoms with E-state index in [0.717, 1.165) is 6.07 Å². The first-order chi connectivity index (χ1) is 6.52. The van der Waals surface area contributed by atoms with Crippen molar-refractivity contribution in [1.29, 1.82) is 0 Å². The summed E-state index contributed by atoms with van der Waals surface area (Å²) in [4.78, 5) is 12.9. The van der Waals surface area contributed by atoms with E-state index < -0.39 is 11.6 Å². The van der Waals surface area contributed by atoms with Crippen LogP contribution in [0.1, 0.15) is 15.9 Å². The number of aromatic hydroxyl groups is 1. The number of hydrogen-bond acceptors (Lipinski definition) is 2. The summed E-state index contributed by atoms with van der Waals surface area (Å²) in [5.41, 5.74) is 0.714. The van der Waals surface area contributed by atoms with Crippen LogP contribution in [0.4, 0.5) is 4.39 Å². The van der Waals surface area contributed by atoms with E-state index in [1.807, 2.05) is 0 Å². The number of halogens is 2. The third kappa shape index (κ3) is 1.07. The molecule has 1 N–H and O–H groups in total. The second-order valence-corrected chi connectivity index (χ2v) is 3.59. The van der Waals surface area contributed by atoms with E-state index in [0.29, 0.717) is 12.1 Å². The number of benzene rings is 1. The van der Waals surface area contributed by atoms with Crippen LogP contribution in [0.3, 0.4) is 0 Å². The number of carbonyl (C=O) groups excluding carboxylic acids is 1. The van der Waals surface area contributed by atoms with Gasteiger partial charge in [0.2, 0.25) is 0 Å². The molecular formula is C9H7ClFNO2. The van der Waals surface area contributed by atoms with Crippen molar-refractivity contribution in [3.63, 3.8) is 0 Å². The van der Waals surface area contributed by atoms with Crippen LogP contribution < -0.4 is 0 Å². The Morgan fingerprint density at radius 3 is 2.93 bits per heavy atom. The van der Waals surface area contributed by atoms with E-state index >= 15 is 0 Å². The Morgan fingerprint density at radius 2 is 2.29 bits per heavy atom. The molecule has 1 aliphatic rings. The molecule has 1 aliphatic heterocycles. The highest BCUT2D eigenvalue weighted by Crippen LogP contribution is 2.36. The molecule has 0 bridgehead atoms. The van der Waals surface area contributed by atoms with Crippen molar-refractivity contribution >= 4 is 17.5 Å². The lowest BCUT2D eigenvalue weighted by molar-refractivity contribution is 0.0816. The molecule has 0 aromatic heterocycles. The van der Waals surface area contributed by atoms with Gasteiger partial charge >= 0.3 is 0 Å². The quantitative estimate of drug-likeness (QED) is 0.717. The maximum absolute atomic E-state index is 13.0. The third-order valence-electron chi connectivity index (χ3n) is 2.24. The molecule has 5 heteroatoms. The van der Waals surface area contributed by atoms with Crippen molar-refractivity contribution < 1.29 is 14.3 Å². The van der Waals surface area contributed by atoms with Gasteiger partial charge in [-0.1, -0.05) is 11.6 Å². The van der Waals surface area contributed by atoms with Gasteiger partial charge in [-0.3, -0.25) is 4.79 Å². The van der Waals surface area contributed by atoms with E-state index in [-0.39, 0.29) is 16.5 Å². The molecule has 74 valence electrons. The van der Waals surface area contributed by atoms with Gasteiger partial charge in [0.05, 0.1) is 10.6 Å². The zero-order chi connectivity index (χ0) is 10.5. The normalized spacial score (nSPS) is 14.8. The van der Waals surface area contributed by atoms with E-state index in [4.69, 9.17) is 11.6 Å². The predicted octanol–water partition coefficient (Wildman–Crippen LogP) is 1.77. The second kappa shape index (κ2) is 2.85. The number of nitrogens with zero attached hydrogens (tertiary/aromatic N) is 1. The smallest absolute Gasteiger partial charge is 0.255 e. The summed E-state index contributed by atoms with van der Waals surface area (Å²) in [6.45, 7) is 0.324. The lowest BCUT2D eigenvalue weighted by Gasteiger charge is -2.05. The molecule has 0 saturated carbocycles. The first-order valence-corrected chi connectivity index (χ1v) is 4.35. The monoisotopic (exact) mass is 215 g/mol. The average molecular weight is 216 g/mol. The SMILES string of the molecule is CN1Cc2cc(F)c(O)c(Cl)c2C1=O. The van der Waals surface area contributed by atoms with E-state index in [1.165, 1.54) is 4.90 Å². The topological polar surface area (TPSA) is 40.5 Å². The highest BCUT2D eigenvalue weighted by Gasteiger charge is 2.30. The maximum Gasteiger partial charge on any atom is 0.255 e. The summed E-state index contributed by atoms with van der Waals surface area (Å²) in [7, 11) is 1.59. The Bertz CT molecular complexity index is 433. The lowest BCUT2D eigenvalue weighted by Crippen LogP contribution is -2.17. The molecule has 0 atom stereocenters. The molecule has 1 aromatic rings. The Kier molecular flexibility index (Phi) is 1.89. The van der Waals surface area contributed by atoms with Crippen LogP contribution >= 0.6 is 11.6 Å². The zero-order valence-electron chi connectivity index (χ0n) is 7.34. The Hall–Kier alpha value is -1.29. The van der Waals surface area contributed by atoms with Crippen LogP contribution in [0.25, 0.3) is 0 Å². The lowest BCUT2D eigenvalue weighted by atomic mass is 10.1. The van der Waals surface area contributed by atoms with Gasteiger partial charge in [-0.15, -0.1) is 0 Å². The molecule has 0 fully saturated rings. The molecule has 3 nitrogen and oxygen atoms in total. The fourth-order valence-corrected chi connectivity index (χ4v) is 1.82. The molecule has 0 aliphatic carbocycles. The number of amides is 1.